The summed E-state index contributed by atoms with van der Waals surface area (Å²) < 4.78 is 5.60. The van der Waals surface area contributed by atoms with E-state index in [2.05, 4.69) is 10.3 Å². The number of hydrogen-bond acceptors (Lipinski definition) is 4. The molecule has 1 aliphatic heterocycles. The lowest BCUT2D eigenvalue weighted by atomic mass is 9.65. The minimum absolute atomic E-state index is 0.0369. The zero-order valence-electron chi connectivity index (χ0n) is 15.4. The number of carbonyl (C=O) groups is 2. The third-order valence-corrected chi connectivity index (χ3v) is 6.60. The van der Waals surface area contributed by atoms with Gasteiger partial charge >= 0.3 is 0 Å². The predicted molar refractivity (Wildman–Crippen MR) is 96.6 cm³/mol. The van der Waals surface area contributed by atoms with Crippen molar-refractivity contribution in [3.8, 4) is 0 Å². The zero-order chi connectivity index (χ0) is 18.2. The molecule has 4 rings (SSSR count). The molecule has 0 aromatic carbocycles. The highest BCUT2D eigenvalue weighted by molar-refractivity contribution is 5.94. The second-order valence-corrected chi connectivity index (χ2v) is 8.30. The van der Waals surface area contributed by atoms with Gasteiger partial charge in [-0.15, -0.1) is 0 Å². The molecule has 1 aromatic heterocycles. The first-order valence-corrected chi connectivity index (χ1v) is 9.57. The summed E-state index contributed by atoms with van der Waals surface area (Å²) >= 11 is 0. The van der Waals surface area contributed by atoms with E-state index in [1.165, 1.54) is 0 Å². The molecule has 6 nitrogen and oxygen atoms in total. The van der Waals surface area contributed by atoms with Crippen molar-refractivity contribution >= 4 is 11.8 Å². The molecular weight excluding hydrogens is 330 g/mol. The largest absolute Gasteiger partial charge is 0.378 e. The van der Waals surface area contributed by atoms with Gasteiger partial charge in [-0.25, -0.2) is 0 Å². The van der Waals surface area contributed by atoms with E-state index in [0.717, 1.165) is 51.6 Å². The van der Waals surface area contributed by atoms with Gasteiger partial charge in [-0.3, -0.25) is 14.6 Å². The van der Waals surface area contributed by atoms with Crippen molar-refractivity contribution < 1.29 is 14.3 Å². The Kier molecular flexibility index (Phi) is 4.47. The van der Waals surface area contributed by atoms with Crippen LogP contribution in [0.15, 0.2) is 24.5 Å². The molecule has 0 atom stereocenters. The molecule has 26 heavy (non-hydrogen) atoms. The van der Waals surface area contributed by atoms with Crippen LogP contribution in [0.1, 0.15) is 55.3 Å². The maximum atomic E-state index is 12.7. The van der Waals surface area contributed by atoms with Gasteiger partial charge in [0, 0.05) is 44.2 Å². The van der Waals surface area contributed by atoms with Crippen LogP contribution in [0.3, 0.4) is 0 Å². The van der Waals surface area contributed by atoms with Crippen molar-refractivity contribution in [3.05, 3.63) is 30.1 Å². The third-order valence-electron chi connectivity index (χ3n) is 6.60. The molecule has 1 saturated heterocycles. The maximum Gasteiger partial charge on any atom is 0.251 e. The highest BCUT2D eigenvalue weighted by atomic mass is 16.5. The van der Waals surface area contributed by atoms with Crippen LogP contribution in [0.5, 0.6) is 0 Å². The van der Waals surface area contributed by atoms with Gasteiger partial charge in [0.1, 0.15) is 0 Å². The topological polar surface area (TPSA) is 71.5 Å². The molecule has 3 aliphatic rings. The lowest BCUT2D eigenvalue weighted by Gasteiger charge is -2.45. The first kappa shape index (κ1) is 17.5. The van der Waals surface area contributed by atoms with Gasteiger partial charge in [0.15, 0.2) is 0 Å². The first-order chi connectivity index (χ1) is 12.5. The standard InChI is InChI=1S/C20H27N3O3/c1-26-20(5-2-6-20)13-17(24)23-10-7-19(14-23)11-16(12-19)22-18(25)15-3-8-21-9-4-15/h3-4,8-9,16H,2,5-7,10-14H2,1H3,(H,22,25). The number of carbonyl (C=O) groups excluding carboxylic acids is 2. The summed E-state index contributed by atoms with van der Waals surface area (Å²) in [6.45, 7) is 1.66. The molecule has 0 bridgehead atoms. The Bertz CT molecular complexity index is 675. The fourth-order valence-corrected chi connectivity index (χ4v) is 4.75. The zero-order valence-corrected chi connectivity index (χ0v) is 15.4. The van der Waals surface area contributed by atoms with Crippen LogP contribution in [0.25, 0.3) is 0 Å². The highest BCUT2D eigenvalue weighted by Crippen LogP contribution is 2.49. The fourth-order valence-electron chi connectivity index (χ4n) is 4.75. The quantitative estimate of drug-likeness (QED) is 0.876. The average molecular weight is 357 g/mol. The van der Waals surface area contributed by atoms with E-state index in [1.54, 1.807) is 31.6 Å². The molecule has 0 unspecified atom stereocenters. The predicted octanol–water partition coefficient (Wildman–Crippen LogP) is 2.15. The summed E-state index contributed by atoms with van der Waals surface area (Å²) in [6, 6.07) is 3.67. The Balaban J connectivity index is 1.26. The molecule has 1 N–H and O–H groups in total. The smallest absolute Gasteiger partial charge is 0.251 e. The van der Waals surface area contributed by atoms with E-state index in [0.29, 0.717) is 12.0 Å². The number of aromatic nitrogens is 1. The molecule has 2 heterocycles. The summed E-state index contributed by atoms with van der Waals surface area (Å²) in [4.78, 5) is 30.8. The molecule has 0 radical (unpaired) electrons. The summed E-state index contributed by atoms with van der Waals surface area (Å²) in [6.07, 6.45) is 9.89. The van der Waals surface area contributed by atoms with Gasteiger partial charge in [0.2, 0.25) is 5.91 Å². The van der Waals surface area contributed by atoms with Gasteiger partial charge in [-0.05, 0) is 56.1 Å². The Morgan fingerprint density at radius 2 is 2.00 bits per heavy atom. The van der Waals surface area contributed by atoms with Crippen molar-refractivity contribution in [1.82, 2.24) is 15.2 Å². The van der Waals surface area contributed by atoms with Crippen molar-refractivity contribution in [2.75, 3.05) is 20.2 Å². The fraction of sp³-hybridized carbons (Fsp3) is 0.650. The lowest BCUT2D eigenvalue weighted by Crippen LogP contribution is -2.52. The van der Waals surface area contributed by atoms with Gasteiger partial charge in [-0.1, -0.05) is 0 Å². The normalized spacial score (nSPS) is 29.1. The van der Waals surface area contributed by atoms with E-state index in [9.17, 15) is 9.59 Å². The van der Waals surface area contributed by atoms with Crippen molar-refractivity contribution in [3.63, 3.8) is 0 Å². The van der Waals surface area contributed by atoms with Crippen LogP contribution in [0.4, 0.5) is 0 Å². The monoisotopic (exact) mass is 357 g/mol. The maximum absolute atomic E-state index is 12.7. The van der Waals surface area contributed by atoms with Gasteiger partial charge in [0.05, 0.1) is 12.0 Å². The Labute approximate surface area is 154 Å². The number of nitrogens with zero attached hydrogens (tertiary/aromatic N) is 2. The molecule has 2 saturated carbocycles. The van der Waals surface area contributed by atoms with Gasteiger partial charge < -0.3 is 15.0 Å². The van der Waals surface area contributed by atoms with E-state index >= 15 is 0 Å². The molecule has 6 heteroatoms. The second kappa shape index (κ2) is 6.65. The minimum Gasteiger partial charge on any atom is -0.378 e. The third kappa shape index (κ3) is 3.22. The molecule has 1 spiro atoms. The molecule has 140 valence electrons. The number of ether oxygens (including phenoxy) is 1. The Hall–Kier alpha value is -1.95. The van der Waals surface area contributed by atoms with Crippen molar-refractivity contribution in [1.29, 1.82) is 0 Å². The number of amides is 2. The van der Waals surface area contributed by atoms with Gasteiger partial charge in [0.25, 0.3) is 5.91 Å². The van der Waals surface area contributed by atoms with Gasteiger partial charge in [-0.2, -0.15) is 0 Å². The van der Waals surface area contributed by atoms with Crippen LogP contribution >= 0.6 is 0 Å². The summed E-state index contributed by atoms with van der Waals surface area (Å²) in [5.74, 6) is 0.192. The molecule has 1 aromatic rings. The number of nitrogens with one attached hydrogen (secondary N) is 1. The van der Waals surface area contributed by atoms with E-state index in [-0.39, 0.29) is 28.9 Å². The number of rotatable bonds is 5. The van der Waals surface area contributed by atoms with Crippen LogP contribution in [-0.2, 0) is 9.53 Å². The summed E-state index contributed by atoms with van der Waals surface area (Å²) in [5.41, 5.74) is 0.647. The van der Waals surface area contributed by atoms with E-state index in [4.69, 9.17) is 4.74 Å². The Morgan fingerprint density at radius 3 is 2.62 bits per heavy atom. The lowest BCUT2D eigenvalue weighted by molar-refractivity contribution is -0.143. The summed E-state index contributed by atoms with van der Waals surface area (Å²) in [5, 5.41) is 3.10. The average Bonchev–Trinajstić information content (AvgIpc) is 3.04. The van der Waals surface area contributed by atoms with E-state index in [1.807, 2.05) is 4.90 Å². The molecule has 3 fully saturated rings. The molecule has 2 amide bonds. The molecular formula is C20H27N3O3. The van der Waals surface area contributed by atoms with Crippen LogP contribution in [0, 0.1) is 5.41 Å². The SMILES string of the molecule is COC1(CC(=O)N2CCC3(CC(NC(=O)c4ccncc4)C3)C2)CCC1. The van der Waals surface area contributed by atoms with E-state index < -0.39 is 0 Å². The second-order valence-electron chi connectivity index (χ2n) is 8.30. The number of hydrogen-bond donors (Lipinski definition) is 1. The molecule has 2 aliphatic carbocycles. The van der Waals surface area contributed by atoms with Crippen LogP contribution in [-0.4, -0.2) is 53.5 Å². The summed E-state index contributed by atoms with van der Waals surface area (Å²) in [7, 11) is 1.72. The number of pyridine rings is 1. The number of methoxy groups -OCH3 is 1. The highest BCUT2D eigenvalue weighted by Gasteiger charge is 2.50. The van der Waals surface area contributed by atoms with Crippen molar-refractivity contribution in [2.45, 2.75) is 56.6 Å². The van der Waals surface area contributed by atoms with Crippen molar-refractivity contribution in [2.24, 2.45) is 5.41 Å². The first-order valence-electron chi connectivity index (χ1n) is 9.57. The van der Waals surface area contributed by atoms with Crippen LogP contribution < -0.4 is 5.32 Å². The van der Waals surface area contributed by atoms with Crippen LogP contribution in [0.2, 0.25) is 0 Å². The Morgan fingerprint density at radius 1 is 1.27 bits per heavy atom. The number of likely N-dealkylation sites (tertiary alicyclic amines) is 1. The minimum atomic E-state index is -0.201.